The number of carbonyl (C=O) groups is 4. The molecule has 1 spiro atoms. The van der Waals surface area contributed by atoms with Crippen molar-refractivity contribution < 1.29 is 23.9 Å². The number of β-lactam (4-membered cyclic amide) rings is 1. The molecule has 2 aliphatic heterocycles. The molecule has 0 aromatic heterocycles. The normalized spacial score (nSPS) is 24.0. The van der Waals surface area contributed by atoms with Crippen LogP contribution in [0.4, 0.5) is 4.79 Å². The Kier molecular flexibility index (Phi) is 4.47. The highest BCUT2D eigenvalue weighted by Crippen LogP contribution is 2.33. The Balaban J connectivity index is 2.17. The monoisotopic (exact) mass is 340 g/mol. The van der Waals surface area contributed by atoms with E-state index in [1.807, 2.05) is 0 Å². The van der Waals surface area contributed by atoms with Gasteiger partial charge in [0.1, 0.15) is 5.60 Å². The quantitative estimate of drug-likeness (QED) is 0.658. The molecule has 0 aromatic carbocycles. The number of nitrogens with zero attached hydrogens (tertiary/aromatic N) is 3. The summed E-state index contributed by atoms with van der Waals surface area (Å²) in [6.07, 6.45) is -0.522. The van der Waals surface area contributed by atoms with Crippen LogP contribution in [0.25, 0.3) is 0 Å². The number of piperazine rings is 1. The average Bonchev–Trinajstić information content (AvgIpc) is 2.43. The minimum atomic E-state index is -1.13. The van der Waals surface area contributed by atoms with Gasteiger partial charge in [-0.2, -0.15) is 0 Å². The van der Waals surface area contributed by atoms with Gasteiger partial charge in [-0.25, -0.2) is 4.79 Å². The summed E-state index contributed by atoms with van der Waals surface area (Å²) in [4.78, 5) is 52.0. The molecule has 2 N–H and O–H groups in total. The van der Waals surface area contributed by atoms with Crippen molar-refractivity contribution in [2.75, 3.05) is 32.7 Å². The van der Waals surface area contributed by atoms with Gasteiger partial charge in [-0.3, -0.25) is 14.4 Å². The van der Waals surface area contributed by atoms with Crippen LogP contribution in [0.1, 0.15) is 27.7 Å². The Morgan fingerprint density at radius 3 is 2.29 bits per heavy atom. The summed E-state index contributed by atoms with van der Waals surface area (Å²) in [7, 11) is 0. The molecule has 0 aromatic rings. The second-order valence-electron chi connectivity index (χ2n) is 7.23. The molecule has 9 heteroatoms. The molecular weight excluding hydrogens is 316 g/mol. The van der Waals surface area contributed by atoms with Crippen molar-refractivity contribution >= 4 is 23.8 Å². The summed E-state index contributed by atoms with van der Waals surface area (Å²) in [6, 6.07) is 0. The zero-order chi connectivity index (χ0) is 18.3. The summed E-state index contributed by atoms with van der Waals surface area (Å²) in [6.45, 7) is 7.22. The van der Waals surface area contributed by atoms with Gasteiger partial charge >= 0.3 is 6.09 Å². The highest BCUT2D eigenvalue weighted by atomic mass is 16.6. The van der Waals surface area contributed by atoms with E-state index in [0.717, 1.165) is 0 Å². The zero-order valence-corrected chi connectivity index (χ0v) is 14.5. The number of carbonyl (C=O) groups excluding carboxylic acids is 4. The molecule has 24 heavy (non-hydrogen) atoms. The number of rotatable bonds is 2. The topological polar surface area (TPSA) is 113 Å². The third kappa shape index (κ3) is 3.29. The van der Waals surface area contributed by atoms with E-state index in [-0.39, 0.29) is 38.0 Å². The van der Waals surface area contributed by atoms with E-state index in [4.69, 9.17) is 10.5 Å². The lowest BCUT2D eigenvalue weighted by Gasteiger charge is -2.57. The maximum Gasteiger partial charge on any atom is 0.410 e. The molecule has 2 fully saturated rings. The summed E-state index contributed by atoms with van der Waals surface area (Å²) < 4.78 is 5.35. The first kappa shape index (κ1) is 18.0. The van der Waals surface area contributed by atoms with Crippen LogP contribution in [0.2, 0.25) is 0 Å². The summed E-state index contributed by atoms with van der Waals surface area (Å²) >= 11 is 0. The third-order valence-corrected chi connectivity index (χ3v) is 4.08. The number of amides is 4. The SMILES string of the molecule is CC(=O)N1CCN(C(=O)OC(C)(C)C)CC12CN(CC(N)=O)C2=O. The average molecular weight is 340 g/mol. The predicted octanol–water partition coefficient (Wildman–Crippen LogP) is -0.848. The Labute approximate surface area is 140 Å². The largest absolute Gasteiger partial charge is 0.444 e. The first-order chi connectivity index (χ1) is 11.0. The molecule has 2 saturated heterocycles. The van der Waals surface area contributed by atoms with Gasteiger partial charge in [-0.05, 0) is 20.8 Å². The van der Waals surface area contributed by atoms with Gasteiger partial charge in [0.25, 0.3) is 5.91 Å². The maximum absolute atomic E-state index is 12.6. The van der Waals surface area contributed by atoms with Crippen LogP contribution in [0.3, 0.4) is 0 Å². The van der Waals surface area contributed by atoms with Crippen molar-refractivity contribution in [1.29, 1.82) is 0 Å². The molecule has 1 unspecified atom stereocenters. The Hall–Kier alpha value is -2.32. The van der Waals surface area contributed by atoms with E-state index in [1.165, 1.54) is 21.6 Å². The summed E-state index contributed by atoms with van der Waals surface area (Å²) in [5, 5.41) is 0. The van der Waals surface area contributed by atoms with E-state index in [0.29, 0.717) is 6.54 Å². The fraction of sp³-hybridized carbons (Fsp3) is 0.733. The Morgan fingerprint density at radius 2 is 1.83 bits per heavy atom. The van der Waals surface area contributed by atoms with Gasteiger partial charge in [-0.15, -0.1) is 0 Å². The molecule has 134 valence electrons. The fourth-order valence-corrected chi connectivity index (χ4v) is 3.15. The van der Waals surface area contributed by atoms with Crippen LogP contribution in [-0.2, 0) is 19.1 Å². The van der Waals surface area contributed by atoms with Crippen LogP contribution in [0.5, 0.6) is 0 Å². The minimum absolute atomic E-state index is 0.0512. The van der Waals surface area contributed by atoms with Crippen molar-refractivity contribution in [3.63, 3.8) is 0 Å². The number of nitrogens with two attached hydrogens (primary N) is 1. The molecular formula is C15H24N4O5. The molecule has 0 aliphatic carbocycles. The standard InChI is InChI=1S/C15H24N4O5/c1-10(20)19-6-5-17(13(23)24-14(2,3)4)8-15(19)9-18(12(15)22)7-11(16)21/h5-9H2,1-4H3,(H2,16,21). The Morgan fingerprint density at radius 1 is 1.21 bits per heavy atom. The van der Waals surface area contributed by atoms with Crippen molar-refractivity contribution in [1.82, 2.24) is 14.7 Å². The van der Waals surface area contributed by atoms with Crippen molar-refractivity contribution in [3.8, 4) is 0 Å². The van der Waals surface area contributed by atoms with E-state index in [2.05, 4.69) is 0 Å². The highest BCUT2D eigenvalue weighted by Gasteiger charge is 2.60. The number of ether oxygens (including phenoxy) is 1. The first-order valence-corrected chi connectivity index (χ1v) is 7.80. The van der Waals surface area contributed by atoms with E-state index < -0.39 is 23.1 Å². The molecule has 0 bridgehead atoms. The summed E-state index contributed by atoms with van der Waals surface area (Å²) in [5.74, 6) is -1.23. The fourth-order valence-electron chi connectivity index (χ4n) is 3.15. The molecule has 0 saturated carbocycles. The van der Waals surface area contributed by atoms with Crippen LogP contribution in [0.15, 0.2) is 0 Å². The van der Waals surface area contributed by atoms with Crippen LogP contribution < -0.4 is 5.73 Å². The van der Waals surface area contributed by atoms with Gasteiger partial charge in [-0.1, -0.05) is 0 Å². The van der Waals surface area contributed by atoms with Gasteiger partial charge in [0.15, 0.2) is 5.54 Å². The Bertz CT molecular complexity index is 585. The van der Waals surface area contributed by atoms with Gasteiger partial charge in [0.05, 0.1) is 19.6 Å². The second-order valence-corrected chi connectivity index (χ2v) is 7.23. The van der Waals surface area contributed by atoms with Gasteiger partial charge < -0.3 is 25.2 Å². The van der Waals surface area contributed by atoms with E-state index >= 15 is 0 Å². The van der Waals surface area contributed by atoms with Gasteiger partial charge in [0, 0.05) is 20.0 Å². The van der Waals surface area contributed by atoms with Crippen LogP contribution >= 0.6 is 0 Å². The third-order valence-electron chi connectivity index (χ3n) is 4.08. The number of hydrogen-bond acceptors (Lipinski definition) is 5. The summed E-state index contributed by atoms with van der Waals surface area (Å²) in [5.41, 5.74) is 3.35. The van der Waals surface area contributed by atoms with E-state index in [9.17, 15) is 19.2 Å². The second kappa shape index (κ2) is 5.95. The lowest BCUT2D eigenvalue weighted by atomic mass is 9.83. The molecule has 2 aliphatic rings. The van der Waals surface area contributed by atoms with Crippen molar-refractivity contribution in [2.45, 2.75) is 38.8 Å². The lowest BCUT2D eigenvalue weighted by molar-refractivity contribution is -0.178. The first-order valence-electron chi connectivity index (χ1n) is 7.80. The molecule has 0 radical (unpaired) electrons. The maximum atomic E-state index is 12.6. The van der Waals surface area contributed by atoms with Crippen LogP contribution in [0, 0.1) is 0 Å². The minimum Gasteiger partial charge on any atom is -0.444 e. The predicted molar refractivity (Wildman–Crippen MR) is 83.7 cm³/mol. The number of likely N-dealkylation sites (tertiary alicyclic amines) is 1. The van der Waals surface area contributed by atoms with E-state index in [1.54, 1.807) is 20.8 Å². The smallest absolute Gasteiger partial charge is 0.410 e. The molecule has 2 rings (SSSR count). The van der Waals surface area contributed by atoms with Crippen LogP contribution in [-0.4, -0.2) is 82.4 Å². The number of primary amides is 1. The molecule has 9 nitrogen and oxygen atoms in total. The van der Waals surface area contributed by atoms with Crippen molar-refractivity contribution in [2.24, 2.45) is 5.73 Å². The molecule has 4 amide bonds. The van der Waals surface area contributed by atoms with Crippen molar-refractivity contribution in [3.05, 3.63) is 0 Å². The zero-order valence-electron chi connectivity index (χ0n) is 14.5. The van der Waals surface area contributed by atoms with Gasteiger partial charge in [0.2, 0.25) is 11.8 Å². The highest BCUT2D eigenvalue weighted by molar-refractivity contribution is 5.99. The molecule has 1 atom stereocenters. The number of hydrogen-bond donors (Lipinski definition) is 1. The molecule has 2 heterocycles. The lowest BCUT2D eigenvalue weighted by Crippen LogP contribution is -2.81.